The number of carbonyl (C=O) groups is 1. The van der Waals surface area contributed by atoms with E-state index >= 15 is 0 Å². The Kier molecular flexibility index (Phi) is 3.31. The molecule has 0 radical (unpaired) electrons. The van der Waals surface area contributed by atoms with Crippen molar-refractivity contribution in [3.63, 3.8) is 0 Å². The molecule has 2 amide bonds. The van der Waals surface area contributed by atoms with Crippen molar-refractivity contribution in [3.8, 4) is 0 Å². The SMILES string of the molecule is Cc1cc(Br)ccc1CNC(N)=O. The van der Waals surface area contributed by atoms with E-state index in [1.54, 1.807) is 0 Å². The Bertz CT molecular complexity index is 325. The number of hydrogen-bond donors (Lipinski definition) is 2. The molecule has 70 valence electrons. The minimum Gasteiger partial charge on any atom is -0.352 e. The topological polar surface area (TPSA) is 55.1 Å². The van der Waals surface area contributed by atoms with Crippen molar-refractivity contribution in [1.82, 2.24) is 5.32 Å². The lowest BCUT2D eigenvalue weighted by Gasteiger charge is -2.06. The summed E-state index contributed by atoms with van der Waals surface area (Å²) in [5.74, 6) is 0. The molecule has 0 heterocycles. The molecule has 0 unspecified atom stereocenters. The van der Waals surface area contributed by atoms with Gasteiger partial charge in [0, 0.05) is 11.0 Å². The first-order valence-electron chi connectivity index (χ1n) is 3.88. The molecule has 4 heteroatoms. The van der Waals surface area contributed by atoms with Crippen molar-refractivity contribution in [2.45, 2.75) is 13.5 Å². The minimum atomic E-state index is -0.498. The lowest BCUT2D eigenvalue weighted by atomic mass is 10.1. The summed E-state index contributed by atoms with van der Waals surface area (Å²) >= 11 is 3.36. The molecule has 0 aliphatic carbocycles. The zero-order valence-corrected chi connectivity index (χ0v) is 8.89. The van der Waals surface area contributed by atoms with E-state index in [4.69, 9.17) is 5.73 Å². The highest BCUT2D eigenvalue weighted by atomic mass is 79.9. The van der Waals surface area contributed by atoms with Gasteiger partial charge in [-0.15, -0.1) is 0 Å². The molecule has 0 aliphatic heterocycles. The van der Waals surface area contributed by atoms with Crippen LogP contribution >= 0.6 is 15.9 Å². The van der Waals surface area contributed by atoms with Crippen LogP contribution in [0, 0.1) is 6.92 Å². The Labute approximate surface area is 85.4 Å². The van der Waals surface area contributed by atoms with Gasteiger partial charge in [-0.3, -0.25) is 0 Å². The third-order valence-corrected chi connectivity index (χ3v) is 2.25. The summed E-state index contributed by atoms with van der Waals surface area (Å²) < 4.78 is 1.04. The normalized spacial score (nSPS) is 9.69. The third kappa shape index (κ3) is 3.06. The number of aryl methyl sites for hydroxylation is 1. The van der Waals surface area contributed by atoms with Gasteiger partial charge in [0.1, 0.15) is 0 Å². The summed E-state index contributed by atoms with van der Waals surface area (Å²) in [7, 11) is 0. The Morgan fingerprint density at radius 3 is 2.85 bits per heavy atom. The molecule has 0 atom stereocenters. The van der Waals surface area contributed by atoms with E-state index in [0.29, 0.717) is 6.54 Å². The maximum absolute atomic E-state index is 10.5. The number of benzene rings is 1. The molecule has 1 aromatic rings. The van der Waals surface area contributed by atoms with Crippen LogP contribution in [-0.4, -0.2) is 6.03 Å². The molecule has 0 aromatic heterocycles. The fourth-order valence-electron chi connectivity index (χ4n) is 1.04. The first-order chi connectivity index (χ1) is 6.09. The average Bonchev–Trinajstić information content (AvgIpc) is 2.02. The summed E-state index contributed by atoms with van der Waals surface area (Å²) in [5, 5.41) is 2.55. The van der Waals surface area contributed by atoms with Crippen LogP contribution < -0.4 is 11.1 Å². The average molecular weight is 243 g/mol. The second-order valence-electron chi connectivity index (χ2n) is 2.79. The number of urea groups is 1. The lowest BCUT2D eigenvalue weighted by molar-refractivity contribution is 0.248. The summed E-state index contributed by atoms with van der Waals surface area (Å²) in [4.78, 5) is 10.5. The maximum atomic E-state index is 10.5. The van der Waals surface area contributed by atoms with Crippen molar-refractivity contribution in [3.05, 3.63) is 33.8 Å². The molecule has 0 spiro atoms. The summed E-state index contributed by atoms with van der Waals surface area (Å²) in [6.07, 6.45) is 0. The molecule has 0 saturated carbocycles. The predicted octanol–water partition coefficient (Wildman–Crippen LogP) is 1.93. The van der Waals surface area contributed by atoms with Gasteiger partial charge in [0.25, 0.3) is 0 Å². The van der Waals surface area contributed by atoms with Crippen LogP contribution in [-0.2, 0) is 6.54 Å². The van der Waals surface area contributed by atoms with Crippen molar-refractivity contribution < 1.29 is 4.79 Å². The van der Waals surface area contributed by atoms with Gasteiger partial charge in [0.15, 0.2) is 0 Å². The molecule has 0 fully saturated rings. The van der Waals surface area contributed by atoms with Gasteiger partial charge in [-0.1, -0.05) is 22.0 Å². The Morgan fingerprint density at radius 1 is 1.62 bits per heavy atom. The van der Waals surface area contributed by atoms with Gasteiger partial charge >= 0.3 is 6.03 Å². The van der Waals surface area contributed by atoms with Gasteiger partial charge in [-0.2, -0.15) is 0 Å². The molecule has 1 aromatic carbocycles. The van der Waals surface area contributed by atoms with Crippen molar-refractivity contribution >= 4 is 22.0 Å². The molecule has 13 heavy (non-hydrogen) atoms. The zero-order chi connectivity index (χ0) is 9.84. The summed E-state index contributed by atoms with van der Waals surface area (Å²) in [6, 6.07) is 5.39. The van der Waals surface area contributed by atoms with Crippen LogP contribution in [0.25, 0.3) is 0 Å². The highest BCUT2D eigenvalue weighted by Crippen LogP contribution is 2.15. The smallest absolute Gasteiger partial charge is 0.312 e. The van der Waals surface area contributed by atoms with Gasteiger partial charge < -0.3 is 11.1 Å². The highest BCUT2D eigenvalue weighted by molar-refractivity contribution is 9.10. The van der Waals surface area contributed by atoms with Crippen LogP contribution in [0.3, 0.4) is 0 Å². The van der Waals surface area contributed by atoms with Crippen molar-refractivity contribution in [2.75, 3.05) is 0 Å². The summed E-state index contributed by atoms with van der Waals surface area (Å²) in [6.45, 7) is 2.47. The molecular formula is C9H11BrN2O. The Balaban J connectivity index is 2.72. The van der Waals surface area contributed by atoms with E-state index in [1.165, 1.54) is 0 Å². The number of nitrogens with one attached hydrogen (secondary N) is 1. The third-order valence-electron chi connectivity index (χ3n) is 1.76. The highest BCUT2D eigenvalue weighted by Gasteiger charge is 1.99. The van der Waals surface area contributed by atoms with Crippen LogP contribution in [0.1, 0.15) is 11.1 Å². The van der Waals surface area contributed by atoms with E-state index in [1.807, 2.05) is 25.1 Å². The molecule has 0 aliphatic rings. The number of nitrogens with two attached hydrogens (primary N) is 1. The monoisotopic (exact) mass is 242 g/mol. The van der Waals surface area contributed by atoms with Crippen LogP contribution in [0.4, 0.5) is 4.79 Å². The fraction of sp³-hybridized carbons (Fsp3) is 0.222. The predicted molar refractivity (Wildman–Crippen MR) is 55.3 cm³/mol. The van der Waals surface area contributed by atoms with Crippen LogP contribution in [0.2, 0.25) is 0 Å². The quantitative estimate of drug-likeness (QED) is 0.819. The number of amides is 2. The molecule has 0 bridgehead atoms. The van der Waals surface area contributed by atoms with E-state index in [2.05, 4.69) is 21.2 Å². The van der Waals surface area contributed by atoms with E-state index in [9.17, 15) is 4.79 Å². The number of halogens is 1. The molecule has 3 N–H and O–H groups in total. The van der Waals surface area contributed by atoms with Crippen molar-refractivity contribution in [1.29, 1.82) is 0 Å². The largest absolute Gasteiger partial charge is 0.352 e. The van der Waals surface area contributed by atoms with Gasteiger partial charge in [-0.25, -0.2) is 4.79 Å². The molecule has 1 rings (SSSR count). The fourth-order valence-corrected chi connectivity index (χ4v) is 1.52. The van der Waals surface area contributed by atoms with Gasteiger partial charge in [0.05, 0.1) is 0 Å². The number of rotatable bonds is 2. The second kappa shape index (κ2) is 4.28. The number of carbonyl (C=O) groups excluding carboxylic acids is 1. The van der Waals surface area contributed by atoms with E-state index < -0.39 is 6.03 Å². The minimum absolute atomic E-state index is 0.481. The lowest BCUT2D eigenvalue weighted by Crippen LogP contribution is -2.28. The van der Waals surface area contributed by atoms with Crippen molar-refractivity contribution in [2.24, 2.45) is 5.73 Å². The Morgan fingerprint density at radius 2 is 2.31 bits per heavy atom. The number of primary amides is 1. The zero-order valence-electron chi connectivity index (χ0n) is 7.30. The van der Waals surface area contributed by atoms with Gasteiger partial charge in [-0.05, 0) is 30.2 Å². The van der Waals surface area contributed by atoms with Crippen LogP contribution in [0.15, 0.2) is 22.7 Å². The Hall–Kier alpha value is -1.03. The maximum Gasteiger partial charge on any atom is 0.312 e. The first kappa shape index (κ1) is 10.1. The van der Waals surface area contributed by atoms with E-state index in [0.717, 1.165) is 15.6 Å². The molecular weight excluding hydrogens is 232 g/mol. The number of hydrogen-bond acceptors (Lipinski definition) is 1. The molecule has 0 saturated heterocycles. The molecule has 3 nitrogen and oxygen atoms in total. The second-order valence-corrected chi connectivity index (χ2v) is 3.70. The standard InChI is InChI=1S/C9H11BrN2O/c1-6-4-8(10)3-2-7(6)5-12-9(11)13/h2-4H,5H2,1H3,(H3,11,12,13). The first-order valence-corrected chi connectivity index (χ1v) is 4.67. The van der Waals surface area contributed by atoms with Gasteiger partial charge in [0.2, 0.25) is 0 Å². The summed E-state index contributed by atoms with van der Waals surface area (Å²) in [5.41, 5.74) is 7.16. The van der Waals surface area contributed by atoms with Crippen LogP contribution in [0.5, 0.6) is 0 Å². The van der Waals surface area contributed by atoms with E-state index in [-0.39, 0.29) is 0 Å².